The Balaban J connectivity index is 2.59. The Morgan fingerprint density at radius 2 is 2.38 bits per heavy atom. The highest BCUT2D eigenvalue weighted by Gasteiger charge is 2.14. The summed E-state index contributed by atoms with van der Waals surface area (Å²) in [5.41, 5.74) is 6.15. The van der Waals surface area contributed by atoms with Crippen molar-refractivity contribution in [3.05, 3.63) is 16.1 Å². The van der Waals surface area contributed by atoms with Crippen molar-refractivity contribution < 1.29 is 4.79 Å². The number of thiazole rings is 1. The topological polar surface area (TPSA) is 68.0 Å². The van der Waals surface area contributed by atoms with Gasteiger partial charge in [0.15, 0.2) is 0 Å². The molecule has 1 amide bonds. The van der Waals surface area contributed by atoms with E-state index in [0.717, 1.165) is 10.8 Å². The van der Waals surface area contributed by atoms with Crippen LogP contribution in [0, 0.1) is 0 Å². The average Bonchev–Trinajstić information content (AvgIpc) is 2.66. The van der Waals surface area contributed by atoms with Crippen LogP contribution in [0.4, 0.5) is 0 Å². The Morgan fingerprint density at radius 3 is 2.88 bits per heavy atom. The Labute approximate surface area is 104 Å². The van der Waals surface area contributed by atoms with Gasteiger partial charge < -0.3 is 11.1 Å². The van der Waals surface area contributed by atoms with Gasteiger partial charge in [0.1, 0.15) is 10.7 Å². The maximum absolute atomic E-state index is 11.7. The molecule has 1 rings (SSSR count). The smallest absolute Gasteiger partial charge is 0.270 e. The largest absolute Gasteiger partial charge is 0.347 e. The molecule has 0 spiro atoms. The molecule has 3 N–H and O–H groups in total. The van der Waals surface area contributed by atoms with Crippen LogP contribution >= 0.6 is 23.1 Å². The molecule has 90 valence electrons. The van der Waals surface area contributed by atoms with Gasteiger partial charge in [-0.3, -0.25) is 4.79 Å². The Kier molecular flexibility index (Phi) is 5.24. The van der Waals surface area contributed by atoms with E-state index in [4.69, 9.17) is 5.73 Å². The van der Waals surface area contributed by atoms with Crippen LogP contribution in [0.1, 0.15) is 35.4 Å². The maximum Gasteiger partial charge on any atom is 0.270 e. The number of aromatic nitrogens is 1. The van der Waals surface area contributed by atoms with E-state index >= 15 is 0 Å². The number of hydrogen-bond donors (Lipinski definition) is 2. The summed E-state index contributed by atoms with van der Waals surface area (Å²) >= 11 is 3.13. The number of hydrogen-bond acceptors (Lipinski definition) is 5. The molecule has 6 heteroatoms. The minimum absolute atomic E-state index is 0.116. The van der Waals surface area contributed by atoms with Crippen LogP contribution in [0.5, 0.6) is 0 Å². The van der Waals surface area contributed by atoms with Gasteiger partial charge in [-0.1, -0.05) is 0 Å². The van der Waals surface area contributed by atoms with Crippen molar-refractivity contribution in [1.29, 1.82) is 0 Å². The van der Waals surface area contributed by atoms with E-state index in [1.807, 2.05) is 20.1 Å². The van der Waals surface area contributed by atoms with E-state index in [2.05, 4.69) is 10.3 Å². The van der Waals surface area contributed by atoms with Gasteiger partial charge >= 0.3 is 0 Å². The number of thioether (sulfide) groups is 1. The molecule has 16 heavy (non-hydrogen) atoms. The standard InChI is InChI=1S/C10H17N3OS2/c1-6(4-15-3)12-9(14)8-5-16-10(13-8)7(2)11/h5-7H,4,11H2,1-3H3,(H,12,14). The zero-order chi connectivity index (χ0) is 12.1. The lowest BCUT2D eigenvalue weighted by molar-refractivity contribution is 0.0939. The van der Waals surface area contributed by atoms with Crippen molar-refractivity contribution in [1.82, 2.24) is 10.3 Å². The molecule has 0 aliphatic rings. The zero-order valence-corrected chi connectivity index (χ0v) is 11.3. The molecule has 0 saturated heterocycles. The number of rotatable bonds is 5. The van der Waals surface area contributed by atoms with Crippen LogP contribution < -0.4 is 11.1 Å². The SMILES string of the molecule is CSCC(C)NC(=O)c1csc(C(C)N)n1. The summed E-state index contributed by atoms with van der Waals surface area (Å²) in [5, 5.41) is 5.44. The van der Waals surface area contributed by atoms with Crippen molar-refractivity contribution in [3.63, 3.8) is 0 Å². The second-order valence-electron chi connectivity index (χ2n) is 3.69. The summed E-state index contributed by atoms with van der Waals surface area (Å²) in [7, 11) is 0. The molecule has 0 aliphatic heterocycles. The molecule has 0 fully saturated rings. The van der Waals surface area contributed by atoms with E-state index in [1.165, 1.54) is 11.3 Å². The molecule has 0 aliphatic carbocycles. The van der Waals surface area contributed by atoms with Gasteiger partial charge in [0.25, 0.3) is 5.91 Å². The third-order valence-electron chi connectivity index (χ3n) is 1.94. The minimum Gasteiger partial charge on any atom is -0.347 e. The van der Waals surface area contributed by atoms with Crippen molar-refractivity contribution in [2.45, 2.75) is 25.9 Å². The van der Waals surface area contributed by atoms with Crippen LogP contribution in [-0.4, -0.2) is 28.9 Å². The van der Waals surface area contributed by atoms with E-state index in [9.17, 15) is 4.79 Å². The first-order chi connectivity index (χ1) is 7.54. The normalized spacial score (nSPS) is 14.5. The van der Waals surface area contributed by atoms with Crippen molar-refractivity contribution in [3.8, 4) is 0 Å². The average molecular weight is 259 g/mol. The van der Waals surface area contributed by atoms with Crippen molar-refractivity contribution in [2.24, 2.45) is 5.73 Å². The van der Waals surface area contributed by atoms with E-state index in [0.29, 0.717) is 5.69 Å². The zero-order valence-electron chi connectivity index (χ0n) is 9.69. The monoisotopic (exact) mass is 259 g/mol. The van der Waals surface area contributed by atoms with E-state index < -0.39 is 0 Å². The predicted octanol–water partition coefficient (Wildman–Crippen LogP) is 1.64. The highest BCUT2D eigenvalue weighted by molar-refractivity contribution is 7.98. The van der Waals surface area contributed by atoms with Crippen molar-refractivity contribution in [2.75, 3.05) is 12.0 Å². The van der Waals surface area contributed by atoms with Gasteiger partial charge in [0.2, 0.25) is 0 Å². The summed E-state index contributed by atoms with van der Waals surface area (Å²) < 4.78 is 0. The molecule has 4 nitrogen and oxygen atoms in total. The highest BCUT2D eigenvalue weighted by Crippen LogP contribution is 2.15. The second kappa shape index (κ2) is 6.22. The quantitative estimate of drug-likeness (QED) is 0.843. The molecular formula is C10H17N3OS2. The number of nitrogens with one attached hydrogen (secondary N) is 1. The van der Waals surface area contributed by atoms with Crippen LogP contribution in [-0.2, 0) is 0 Å². The van der Waals surface area contributed by atoms with Crippen LogP contribution in [0.3, 0.4) is 0 Å². The Bertz CT molecular complexity index is 352. The van der Waals surface area contributed by atoms with Crippen LogP contribution in [0.2, 0.25) is 0 Å². The first kappa shape index (κ1) is 13.5. The lowest BCUT2D eigenvalue weighted by Gasteiger charge is -2.10. The van der Waals surface area contributed by atoms with E-state index in [1.54, 1.807) is 17.1 Å². The van der Waals surface area contributed by atoms with Crippen LogP contribution in [0.15, 0.2) is 5.38 Å². The Hall–Kier alpha value is -0.590. The Morgan fingerprint density at radius 1 is 1.69 bits per heavy atom. The van der Waals surface area contributed by atoms with Gasteiger partial charge in [-0.2, -0.15) is 11.8 Å². The van der Waals surface area contributed by atoms with Gasteiger partial charge in [-0.25, -0.2) is 4.98 Å². The molecule has 0 aromatic carbocycles. The lowest BCUT2D eigenvalue weighted by atomic mass is 10.3. The van der Waals surface area contributed by atoms with Gasteiger partial charge in [-0.05, 0) is 20.1 Å². The van der Waals surface area contributed by atoms with Crippen LogP contribution in [0.25, 0.3) is 0 Å². The summed E-state index contributed by atoms with van der Waals surface area (Å²) in [4.78, 5) is 15.9. The summed E-state index contributed by atoms with van der Waals surface area (Å²) in [6, 6.07) is 0.0399. The first-order valence-electron chi connectivity index (χ1n) is 5.05. The molecule has 1 aromatic rings. The molecule has 2 unspecified atom stereocenters. The van der Waals surface area contributed by atoms with Gasteiger partial charge in [-0.15, -0.1) is 11.3 Å². The number of nitrogens with two attached hydrogens (primary N) is 1. The fourth-order valence-electron chi connectivity index (χ4n) is 1.19. The van der Waals surface area contributed by atoms with Crippen molar-refractivity contribution >= 4 is 29.0 Å². The summed E-state index contributed by atoms with van der Waals surface area (Å²) in [6.07, 6.45) is 2.01. The molecule has 2 atom stereocenters. The maximum atomic E-state index is 11.7. The molecule has 0 saturated carbocycles. The summed E-state index contributed by atoms with van der Waals surface area (Å²) in [6.45, 7) is 3.84. The molecular weight excluding hydrogens is 242 g/mol. The molecule has 1 aromatic heterocycles. The number of carbonyl (C=O) groups is 1. The lowest BCUT2D eigenvalue weighted by Crippen LogP contribution is -2.34. The third-order valence-corrected chi connectivity index (χ3v) is 3.82. The predicted molar refractivity (Wildman–Crippen MR) is 70.0 cm³/mol. The number of nitrogens with zero attached hydrogens (tertiary/aromatic N) is 1. The van der Waals surface area contributed by atoms with Gasteiger partial charge in [0.05, 0.1) is 6.04 Å². The minimum atomic E-state index is -0.121. The number of amides is 1. The highest BCUT2D eigenvalue weighted by atomic mass is 32.2. The fourth-order valence-corrected chi connectivity index (χ4v) is 2.53. The molecule has 1 heterocycles. The molecule has 0 radical (unpaired) electrons. The fraction of sp³-hybridized carbons (Fsp3) is 0.600. The number of carbonyl (C=O) groups excluding carboxylic acids is 1. The van der Waals surface area contributed by atoms with Gasteiger partial charge in [0, 0.05) is 17.2 Å². The summed E-state index contributed by atoms with van der Waals surface area (Å²) in [5.74, 6) is 0.778. The van der Waals surface area contributed by atoms with E-state index in [-0.39, 0.29) is 18.0 Å². The first-order valence-corrected chi connectivity index (χ1v) is 7.32. The second-order valence-corrected chi connectivity index (χ2v) is 5.49. The molecule has 0 bridgehead atoms. The third kappa shape index (κ3) is 3.77.